The Hall–Kier alpha value is -1.54. The molecule has 6 heteroatoms. The zero-order valence-corrected chi connectivity index (χ0v) is 13.3. The van der Waals surface area contributed by atoms with E-state index in [9.17, 15) is 13.6 Å². The molecule has 2 rings (SSSR count). The van der Waals surface area contributed by atoms with Gasteiger partial charge in [-0.1, -0.05) is 12.1 Å². The van der Waals surface area contributed by atoms with Crippen LogP contribution in [-0.4, -0.2) is 13.0 Å². The summed E-state index contributed by atoms with van der Waals surface area (Å²) in [7, 11) is 1.56. The predicted octanol–water partition coefficient (Wildman–Crippen LogP) is 3.97. The topological polar surface area (TPSA) is 38.3 Å². The molecule has 110 valence electrons. The lowest BCUT2D eigenvalue weighted by Gasteiger charge is -2.08. The second kappa shape index (κ2) is 6.95. The van der Waals surface area contributed by atoms with Gasteiger partial charge in [0.25, 0.3) is 5.91 Å². The average Bonchev–Trinajstić information content (AvgIpc) is 2.45. The minimum atomic E-state index is -0.709. The summed E-state index contributed by atoms with van der Waals surface area (Å²) in [5, 5.41) is 2.47. The smallest absolute Gasteiger partial charge is 0.255 e. The summed E-state index contributed by atoms with van der Waals surface area (Å²) in [5.41, 5.74) is 1.31. The number of rotatable bonds is 4. The first kappa shape index (κ1) is 15.8. The SMILES string of the molecule is COCc1cccc(C(=O)Nc2cc(F)c(I)c(F)c2)c1. The Kier molecular flexibility index (Phi) is 5.24. The molecule has 0 bridgehead atoms. The molecule has 0 heterocycles. The highest BCUT2D eigenvalue weighted by atomic mass is 127. The van der Waals surface area contributed by atoms with Crippen LogP contribution in [0.5, 0.6) is 0 Å². The largest absolute Gasteiger partial charge is 0.380 e. The van der Waals surface area contributed by atoms with Gasteiger partial charge in [-0.3, -0.25) is 4.79 Å². The van der Waals surface area contributed by atoms with Gasteiger partial charge in [-0.2, -0.15) is 0 Å². The molecule has 1 N–H and O–H groups in total. The van der Waals surface area contributed by atoms with Crippen molar-refractivity contribution >= 4 is 34.2 Å². The van der Waals surface area contributed by atoms with Crippen LogP contribution < -0.4 is 5.32 Å². The van der Waals surface area contributed by atoms with Crippen molar-refractivity contribution < 1.29 is 18.3 Å². The van der Waals surface area contributed by atoms with Crippen LogP contribution >= 0.6 is 22.6 Å². The van der Waals surface area contributed by atoms with E-state index in [1.54, 1.807) is 47.9 Å². The number of hydrogen-bond donors (Lipinski definition) is 1. The molecule has 0 aliphatic carbocycles. The number of anilines is 1. The maximum atomic E-state index is 13.4. The lowest BCUT2D eigenvalue weighted by atomic mass is 10.1. The highest BCUT2D eigenvalue weighted by Crippen LogP contribution is 2.21. The zero-order chi connectivity index (χ0) is 15.4. The van der Waals surface area contributed by atoms with Gasteiger partial charge in [0.2, 0.25) is 0 Å². The van der Waals surface area contributed by atoms with Gasteiger partial charge in [0.15, 0.2) is 0 Å². The minimum Gasteiger partial charge on any atom is -0.380 e. The van der Waals surface area contributed by atoms with Gasteiger partial charge in [-0.25, -0.2) is 8.78 Å². The van der Waals surface area contributed by atoms with Crippen molar-refractivity contribution in [3.63, 3.8) is 0 Å². The highest BCUT2D eigenvalue weighted by molar-refractivity contribution is 14.1. The van der Waals surface area contributed by atoms with E-state index in [2.05, 4.69) is 5.32 Å². The van der Waals surface area contributed by atoms with E-state index < -0.39 is 17.5 Å². The van der Waals surface area contributed by atoms with Gasteiger partial charge in [-0.15, -0.1) is 0 Å². The van der Waals surface area contributed by atoms with Crippen molar-refractivity contribution in [3.05, 3.63) is 62.7 Å². The number of methoxy groups -OCH3 is 1. The number of carbonyl (C=O) groups is 1. The monoisotopic (exact) mass is 403 g/mol. The Morgan fingerprint density at radius 2 is 1.90 bits per heavy atom. The fourth-order valence-corrected chi connectivity index (χ4v) is 2.11. The van der Waals surface area contributed by atoms with Crippen LogP contribution in [0.2, 0.25) is 0 Å². The third-order valence-corrected chi connectivity index (χ3v) is 3.77. The first-order chi connectivity index (χ1) is 10.0. The first-order valence-electron chi connectivity index (χ1n) is 6.05. The van der Waals surface area contributed by atoms with Crippen LogP contribution in [0.15, 0.2) is 36.4 Å². The van der Waals surface area contributed by atoms with Crippen molar-refractivity contribution in [3.8, 4) is 0 Å². The van der Waals surface area contributed by atoms with Crippen molar-refractivity contribution in [2.75, 3.05) is 12.4 Å². The van der Waals surface area contributed by atoms with Crippen LogP contribution in [0, 0.1) is 15.2 Å². The Morgan fingerprint density at radius 1 is 1.24 bits per heavy atom. The van der Waals surface area contributed by atoms with Gasteiger partial charge >= 0.3 is 0 Å². The molecule has 0 aromatic heterocycles. The summed E-state index contributed by atoms with van der Waals surface area (Å²) >= 11 is 1.57. The molecule has 0 spiro atoms. The van der Waals surface area contributed by atoms with Crippen LogP contribution in [0.4, 0.5) is 14.5 Å². The van der Waals surface area contributed by atoms with E-state index in [1.165, 1.54) is 0 Å². The fourth-order valence-electron chi connectivity index (χ4n) is 1.80. The summed E-state index contributed by atoms with van der Waals surface area (Å²) in [6.45, 7) is 0.383. The summed E-state index contributed by atoms with van der Waals surface area (Å²) in [5.74, 6) is -1.86. The van der Waals surface area contributed by atoms with E-state index in [-0.39, 0.29) is 9.26 Å². The van der Waals surface area contributed by atoms with Crippen LogP contribution in [0.25, 0.3) is 0 Å². The molecule has 2 aromatic carbocycles. The maximum Gasteiger partial charge on any atom is 0.255 e. The van der Waals surface area contributed by atoms with Gasteiger partial charge < -0.3 is 10.1 Å². The molecule has 3 nitrogen and oxygen atoms in total. The zero-order valence-electron chi connectivity index (χ0n) is 11.1. The van der Waals surface area contributed by atoms with Gasteiger partial charge in [0.1, 0.15) is 11.6 Å². The number of hydrogen-bond acceptors (Lipinski definition) is 2. The standard InChI is InChI=1S/C15H12F2INO2/c1-21-8-9-3-2-4-10(5-9)15(20)19-11-6-12(16)14(18)13(17)7-11/h2-7H,8H2,1H3,(H,19,20). The Labute approximate surface area is 134 Å². The summed E-state index contributed by atoms with van der Waals surface area (Å²) in [6.07, 6.45) is 0. The second-order valence-corrected chi connectivity index (χ2v) is 5.42. The lowest BCUT2D eigenvalue weighted by molar-refractivity contribution is 0.102. The Morgan fingerprint density at radius 3 is 2.52 bits per heavy atom. The molecule has 0 atom stereocenters. The maximum absolute atomic E-state index is 13.4. The Balaban J connectivity index is 2.20. The second-order valence-electron chi connectivity index (χ2n) is 4.34. The molecule has 1 amide bonds. The number of halogens is 3. The first-order valence-corrected chi connectivity index (χ1v) is 7.13. The predicted molar refractivity (Wildman–Crippen MR) is 84.2 cm³/mol. The van der Waals surface area contributed by atoms with Crippen LogP contribution in [0.1, 0.15) is 15.9 Å². The molecule has 0 aliphatic rings. The van der Waals surface area contributed by atoms with Gasteiger partial charge in [0.05, 0.1) is 10.2 Å². The van der Waals surface area contributed by atoms with E-state index in [1.807, 2.05) is 6.07 Å². The van der Waals surface area contributed by atoms with E-state index in [4.69, 9.17) is 4.74 Å². The van der Waals surface area contributed by atoms with Crippen molar-refractivity contribution in [1.82, 2.24) is 0 Å². The molecule has 0 saturated carbocycles. The molecular formula is C15H12F2INO2. The molecular weight excluding hydrogens is 391 g/mol. The van der Waals surface area contributed by atoms with E-state index in [0.29, 0.717) is 12.2 Å². The number of amides is 1. The molecule has 0 aliphatic heterocycles. The van der Waals surface area contributed by atoms with Gasteiger partial charge in [-0.05, 0) is 52.4 Å². The number of carbonyl (C=O) groups excluding carboxylic acids is 1. The van der Waals surface area contributed by atoms with Crippen molar-refractivity contribution in [1.29, 1.82) is 0 Å². The van der Waals surface area contributed by atoms with E-state index >= 15 is 0 Å². The normalized spacial score (nSPS) is 10.5. The lowest BCUT2D eigenvalue weighted by Crippen LogP contribution is -2.13. The van der Waals surface area contributed by atoms with Crippen LogP contribution in [-0.2, 0) is 11.3 Å². The van der Waals surface area contributed by atoms with Crippen LogP contribution in [0.3, 0.4) is 0 Å². The quantitative estimate of drug-likeness (QED) is 0.620. The number of nitrogens with one attached hydrogen (secondary N) is 1. The molecule has 0 radical (unpaired) electrons. The van der Waals surface area contributed by atoms with Crippen molar-refractivity contribution in [2.45, 2.75) is 6.61 Å². The summed E-state index contributed by atoms with van der Waals surface area (Å²) in [4.78, 5) is 12.1. The third-order valence-electron chi connectivity index (χ3n) is 2.74. The number of ether oxygens (including phenoxy) is 1. The third kappa shape index (κ3) is 3.98. The fraction of sp³-hybridized carbons (Fsp3) is 0.133. The number of benzene rings is 2. The highest BCUT2D eigenvalue weighted by Gasteiger charge is 2.11. The van der Waals surface area contributed by atoms with Gasteiger partial charge in [0, 0.05) is 18.4 Å². The summed E-state index contributed by atoms with van der Waals surface area (Å²) in [6, 6.07) is 9.00. The molecule has 0 saturated heterocycles. The summed E-state index contributed by atoms with van der Waals surface area (Å²) < 4.78 is 31.8. The molecule has 2 aromatic rings. The average molecular weight is 403 g/mol. The molecule has 0 unspecified atom stereocenters. The Bertz CT molecular complexity index is 653. The molecule has 0 fully saturated rings. The van der Waals surface area contributed by atoms with E-state index in [0.717, 1.165) is 17.7 Å². The van der Waals surface area contributed by atoms with Crippen molar-refractivity contribution in [2.24, 2.45) is 0 Å². The molecule has 21 heavy (non-hydrogen) atoms. The minimum absolute atomic E-state index is 0.0764.